The van der Waals surface area contributed by atoms with Crippen LogP contribution in [0.3, 0.4) is 0 Å². The molecule has 9 nitrogen and oxygen atoms in total. The second-order valence-corrected chi connectivity index (χ2v) is 14.8. The lowest BCUT2D eigenvalue weighted by Gasteiger charge is -2.24. The summed E-state index contributed by atoms with van der Waals surface area (Å²) in [6, 6.07) is 0. The maximum Gasteiger partial charge on any atom is 0.472 e. The smallest absolute Gasteiger partial charge is 0.462 e. The molecule has 2 unspecified atom stereocenters. The highest BCUT2D eigenvalue weighted by Gasteiger charge is 2.27. The van der Waals surface area contributed by atoms with E-state index < -0.39 is 32.5 Å². The van der Waals surface area contributed by atoms with Crippen LogP contribution in [0.4, 0.5) is 0 Å². The number of unbranched alkanes of at least 4 members (excludes halogenated alkanes) is 8. The van der Waals surface area contributed by atoms with Crippen LogP contribution in [0.2, 0.25) is 0 Å². The topological polar surface area (TPSA) is 108 Å². The molecule has 0 spiro atoms. The Balaban J connectivity index is 4.58. The van der Waals surface area contributed by atoms with Crippen LogP contribution in [0.25, 0.3) is 0 Å². The summed E-state index contributed by atoms with van der Waals surface area (Å²) in [6.45, 7) is 4.01. The molecular formula is C42H69NO8P+. The summed E-state index contributed by atoms with van der Waals surface area (Å²) in [4.78, 5) is 35.2. The van der Waals surface area contributed by atoms with E-state index in [9.17, 15) is 19.0 Å². The van der Waals surface area contributed by atoms with Crippen LogP contribution >= 0.6 is 7.82 Å². The number of carbonyl (C=O) groups is 2. The molecule has 0 radical (unpaired) electrons. The Labute approximate surface area is 315 Å². The maximum absolute atomic E-state index is 12.6. The average molecular weight is 747 g/mol. The second kappa shape index (κ2) is 33.7. The van der Waals surface area contributed by atoms with E-state index in [-0.39, 0.29) is 26.1 Å². The predicted octanol–water partition coefficient (Wildman–Crippen LogP) is 10.2. The van der Waals surface area contributed by atoms with Crippen molar-refractivity contribution in [3.05, 3.63) is 97.2 Å². The van der Waals surface area contributed by atoms with Gasteiger partial charge in [-0.2, -0.15) is 0 Å². The van der Waals surface area contributed by atoms with E-state index in [1.807, 2.05) is 88.0 Å². The van der Waals surface area contributed by atoms with Crippen molar-refractivity contribution in [2.24, 2.45) is 0 Å². The molecule has 10 heteroatoms. The van der Waals surface area contributed by atoms with Gasteiger partial charge in [0.25, 0.3) is 0 Å². The minimum Gasteiger partial charge on any atom is -0.462 e. The summed E-state index contributed by atoms with van der Waals surface area (Å²) in [5, 5.41) is 0. The Kier molecular flexibility index (Phi) is 31.8. The fourth-order valence-corrected chi connectivity index (χ4v) is 5.07. The first-order valence-electron chi connectivity index (χ1n) is 19.1. The van der Waals surface area contributed by atoms with Crippen LogP contribution < -0.4 is 0 Å². The van der Waals surface area contributed by atoms with Gasteiger partial charge in [-0.1, -0.05) is 137 Å². The monoisotopic (exact) mass is 746 g/mol. The zero-order valence-corrected chi connectivity index (χ0v) is 33.6. The number of quaternary nitrogens is 1. The number of phosphoric ester groups is 1. The first kappa shape index (κ1) is 48.9. The molecule has 0 aromatic rings. The Morgan fingerprint density at radius 1 is 0.596 bits per heavy atom. The normalized spacial score (nSPS) is 14.8. The number of carbonyl (C=O) groups excluding carboxylic acids is 2. The number of rotatable bonds is 32. The predicted molar refractivity (Wildman–Crippen MR) is 215 cm³/mol. The summed E-state index contributed by atoms with van der Waals surface area (Å²) in [6.07, 6.45) is 43.2. The minimum absolute atomic E-state index is 0.0131. The number of likely N-dealkylation sites (N-methyl/N-ethyl adjacent to an activating group) is 1. The van der Waals surface area contributed by atoms with E-state index >= 15 is 0 Å². The Hall–Kier alpha value is -3.07. The molecule has 0 saturated heterocycles. The average Bonchev–Trinajstić information content (AvgIpc) is 3.09. The third kappa shape index (κ3) is 36.7. The van der Waals surface area contributed by atoms with Crippen molar-refractivity contribution >= 4 is 19.8 Å². The zero-order valence-electron chi connectivity index (χ0n) is 32.7. The van der Waals surface area contributed by atoms with Crippen molar-refractivity contribution in [2.45, 2.75) is 110 Å². The molecule has 52 heavy (non-hydrogen) atoms. The molecule has 0 saturated carbocycles. The molecule has 0 aromatic heterocycles. The van der Waals surface area contributed by atoms with E-state index in [4.69, 9.17) is 18.5 Å². The Bertz CT molecular complexity index is 1210. The van der Waals surface area contributed by atoms with Crippen LogP contribution in [0.15, 0.2) is 97.2 Å². The molecule has 0 aliphatic heterocycles. The molecule has 0 amide bonds. The Morgan fingerprint density at radius 3 is 1.56 bits per heavy atom. The van der Waals surface area contributed by atoms with E-state index in [0.717, 1.165) is 64.2 Å². The van der Waals surface area contributed by atoms with Crippen molar-refractivity contribution < 1.29 is 42.1 Å². The van der Waals surface area contributed by atoms with Gasteiger partial charge in [-0.15, -0.1) is 0 Å². The summed E-state index contributed by atoms with van der Waals surface area (Å²) < 4.78 is 34.1. The number of esters is 2. The van der Waals surface area contributed by atoms with Gasteiger partial charge in [-0.25, -0.2) is 4.57 Å². The number of hydrogen-bond donors (Lipinski definition) is 1. The van der Waals surface area contributed by atoms with E-state index in [0.29, 0.717) is 23.9 Å². The molecule has 0 aromatic carbocycles. The molecular weight excluding hydrogens is 677 g/mol. The quantitative estimate of drug-likeness (QED) is 0.0238. The molecule has 0 aliphatic rings. The van der Waals surface area contributed by atoms with E-state index in [1.165, 1.54) is 0 Å². The third-order valence-corrected chi connectivity index (χ3v) is 8.28. The lowest BCUT2D eigenvalue weighted by molar-refractivity contribution is -0.870. The molecule has 2 atom stereocenters. The highest BCUT2D eigenvalue weighted by atomic mass is 31.2. The van der Waals surface area contributed by atoms with Gasteiger partial charge < -0.3 is 18.9 Å². The van der Waals surface area contributed by atoms with Crippen LogP contribution in [0.5, 0.6) is 0 Å². The van der Waals surface area contributed by atoms with Gasteiger partial charge in [-0.05, 0) is 51.4 Å². The van der Waals surface area contributed by atoms with E-state index in [1.54, 1.807) is 0 Å². The summed E-state index contributed by atoms with van der Waals surface area (Å²) >= 11 is 0. The van der Waals surface area contributed by atoms with Crippen LogP contribution in [0.1, 0.15) is 104 Å². The van der Waals surface area contributed by atoms with Gasteiger partial charge in [0, 0.05) is 12.8 Å². The summed E-state index contributed by atoms with van der Waals surface area (Å²) in [5.74, 6) is -0.887. The van der Waals surface area contributed by atoms with Gasteiger partial charge in [0.15, 0.2) is 6.10 Å². The minimum atomic E-state index is -4.39. The van der Waals surface area contributed by atoms with Crippen molar-refractivity contribution in [3.8, 4) is 0 Å². The number of nitrogens with zero attached hydrogens (tertiary/aromatic N) is 1. The number of allylic oxidation sites excluding steroid dienone is 16. The summed E-state index contributed by atoms with van der Waals surface area (Å²) in [5.41, 5.74) is 0. The van der Waals surface area contributed by atoms with Gasteiger partial charge >= 0.3 is 19.8 Å². The molecule has 1 N–H and O–H groups in total. The standard InChI is InChI=1S/C42H68NO8P/c1-6-8-10-12-14-16-18-20-21-23-24-26-28-30-32-34-41(44)48-38-40(39-50-52(46,47)49-37-36-43(3,4)5)51-42(45)35-33-31-29-27-25-22-19-17-15-13-11-9-7-2/h8-22,25,40H,6-7,23-24,26-39H2,1-5H3/p+1/b10-8+,11-9+,14-12+,15-13+,18-16+,19-17+,21-20+,25-22+. The molecule has 0 heterocycles. The van der Waals surface area contributed by atoms with Crippen molar-refractivity contribution in [1.82, 2.24) is 0 Å². The van der Waals surface area contributed by atoms with Crippen molar-refractivity contribution in [1.29, 1.82) is 0 Å². The molecule has 0 rings (SSSR count). The Morgan fingerprint density at radius 2 is 1.04 bits per heavy atom. The summed E-state index contributed by atoms with van der Waals surface area (Å²) in [7, 11) is 1.41. The highest BCUT2D eigenvalue weighted by molar-refractivity contribution is 7.47. The van der Waals surface area contributed by atoms with Gasteiger partial charge in [-0.3, -0.25) is 18.6 Å². The molecule has 294 valence electrons. The zero-order chi connectivity index (χ0) is 38.6. The van der Waals surface area contributed by atoms with Gasteiger partial charge in [0.1, 0.15) is 19.8 Å². The first-order chi connectivity index (χ1) is 25.0. The highest BCUT2D eigenvalue weighted by Crippen LogP contribution is 2.43. The lowest BCUT2D eigenvalue weighted by atomic mass is 10.1. The first-order valence-corrected chi connectivity index (χ1v) is 20.6. The number of hydrogen-bond acceptors (Lipinski definition) is 7. The van der Waals surface area contributed by atoms with Crippen molar-refractivity contribution in [3.63, 3.8) is 0 Å². The number of ether oxygens (including phenoxy) is 2. The lowest BCUT2D eigenvalue weighted by Crippen LogP contribution is -2.37. The van der Waals surface area contributed by atoms with Gasteiger partial charge in [0.05, 0.1) is 27.7 Å². The SMILES string of the molecule is CC/C=C/C=C/C=C/C=C/CCCCCCCC(=O)OCC(COP(=O)(O)OCC[N+](C)(C)C)OC(=O)CCCCC/C=C/C=C/C=C/C=C/CC. The van der Waals surface area contributed by atoms with Crippen molar-refractivity contribution in [2.75, 3.05) is 47.5 Å². The van der Waals surface area contributed by atoms with Gasteiger partial charge in [0.2, 0.25) is 0 Å². The molecule has 0 fully saturated rings. The van der Waals surface area contributed by atoms with Crippen LogP contribution in [-0.4, -0.2) is 74.9 Å². The second-order valence-electron chi connectivity index (χ2n) is 13.4. The molecule has 0 aliphatic carbocycles. The fraction of sp³-hybridized carbons (Fsp3) is 0.571. The fourth-order valence-electron chi connectivity index (χ4n) is 4.33. The molecule has 0 bridgehead atoms. The van der Waals surface area contributed by atoms with Crippen LogP contribution in [0, 0.1) is 0 Å². The maximum atomic E-state index is 12.6. The number of phosphoric acid groups is 1. The van der Waals surface area contributed by atoms with Crippen LogP contribution in [-0.2, 0) is 32.7 Å². The third-order valence-electron chi connectivity index (χ3n) is 7.30. The largest absolute Gasteiger partial charge is 0.472 e. The van der Waals surface area contributed by atoms with E-state index in [2.05, 4.69) is 44.2 Å².